The second-order valence-electron chi connectivity index (χ2n) is 5.95. The number of halogens is 2. The summed E-state index contributed by atoms with van der Waals surface area (Å²) in [5.74, 6) is -1.20. The van der Waals surface area contributed by atoms with Gasteiger partial charge in [0.25, 0.3) is 0 Å². The minimum Gasteiger partial charge on any atom is -0.478 e. The van der Waals surface area contributed by atoms with E-state index in [-0.39, 0.29) is 15.8 Å². The van der Waals surface area contributed by atoms with Gasteiger partial charge in [0, 0.05) is 30.1 Å². The van der Waals surface area contributed by atoms with Gasteiger partial charge in [-0.15, -0.1) is 0 Å². The van der Waals surface area contributed by atoms with Gasteiger partial charge in [-0.2, -0.15) is 0 Å². The van der Waals surface area contributed by atoms with Crippen molar-refractivity contribution >= 4 is 50.1 Å². The van der Waals surface area contributed by atoms with Gasteiger partial charge in [0.1, 0.15) is 0 Å². The van der Waals surface area contributed by atoms with Crippen LogP contribution in [0, 0.1) is 0 Å². The minimum absolute atomic E-state index is 0.0124. The van der Waals surface area contributed by atoms with E-state index in [0.29, 0.717) is 26.8 Å². The number of aromatic nitrogens is 1. The number of carbonyl (C=O) groups is 1. The van der Waals surface area contributed by atoms with E-state index in [1.165, 1.54) is 44.4 Å². The number of rotatable bonds is 4. The SMILES string of the molecule is CN(C)S(=O)(=O)c1ccc2nc(-c3ccc(Cl)cc3Cl)cc(C(=O)O)c2c1. The second kappa shape index (κ2) is 7.09. The molecule has 3 rings (SSSR count). The van der Waals surface area contributed by atoms with Crippen molar-refractivity contribution in [2.24, 2.45) is 0 Å². The van der Waals surface area contributed by atoms with Gasteiger partial charge in [0.2, 0.25) is 10.0 Å². The highest BCUT2D eigenvalue weighted by atomic mass is 35.5. The quantitative estimate of drug-likeness (QED) is 0.679. The van der Waals surface area contributed by atoms with E-state index >= 15 is 0 Å². The van der Waals surface area contributed by atoms with E-state index in [0.717, 1.165) is 4.31 Å². The third kappa shape index (κ3) is 3.64. The van der Waals surface area contributed by atoms with Crippen LogP contribution in [0.25, 0.3) is 22.2 Å². The number of benzene rings is 2. The summed E-state index contributed by atoms with van der Waals surface area (Å²) in [6.45, 7) is 0. The van der Waals surface area contributed by atoms with E-state index in [1.54, 1.807) is 12.1 Å². The van der Waals surface area contributed by atoms with E-state index in [4.69, 9.17) is 23.2 Å². The van der Waals surface area contributed by atoms with E-state index < -0.39 is 16.0 Å². The molecule has 3 aromatic rings. The average molecular weight is 425 g/mol. The summed E-state index contributed by atoms with van der Waals surface area (Å²) >= 11 is 12.1. The van der Waals surface area contributed by atoms with Gasteiger partial charge < -0.3 is 5.11 Å². The minimum atomic E-state index is -3.71. The molecule has 27 heavy (non-hydrogen) atoms. The van der Waals surface area contributed by atoms with Crippen LogP contribution in [0.4, 0.5) is 0 Å². The molecular formula is C18H14Cl2N2O4S. The predicted molar refractivity (Wildman–Crippen MR) is 105 cm³/mol. The maximum Gasteiger partial charge on any atom is 0.336 e. The zero-order valence-electron chi connectivity index (χ0n) is 14.3. The lowest BCUT2D eigenvalue weighted by atomic mass is 10.0. The number of carboxylic acid groups (broad SMARTS) is 1. The Kier molecular flexibility index (Phi) is 5.14. The van der Waals surface area contributed by atoms with Crippen LogP contribution in [0.15, 0.2) is 47.4 Å². The topological polar surface area (TPSA) is 87.6 Å². The number of aromatic carboxylic acids is 1. The number of nitrogens with zero attached hydrogens (tertiary/aromatic N) is 2. The van der Waals surface area contributed by atoms with Gasteiger partial charge in [0.05, 0.1) is 26.7 Å². The van der Waals surface area contributed by atoms with Gasteiger partial charge in [-0.3, -0.25) is 0 Å². The number of pyridine rings is 1. The molecule has 1 N–H and O–H groups in total. The highest BCUT2D eigenvalue weighted by molar-refractivity contribution is 7.89. The lowest BCUT2D eigenvalue weighted by Gasteiger charge is -2.13. The third-order valence-corrected chi connectivity index (χ3v) is 6.36. The van der Waals surface area contributed by atoms with Crippen molar-refractivity contribution in [2.75, 3.05) is 14.1 Å². The van der Waals surface area contributed by atoms with Gasteiger partial charge in [0.15, 0.2) is 0 Å². The maximum absolute atomic E-state index is 12.3. The van der Waals surface area contributed by atoms with Gasteiger partial charge in [-0.1, -0.05) is 23.2 Å². The molecule has 0 amide bonds. The molecule has 0 aliphatic carbocycles. The molecule has 0 bridgehead atoms. The summed E-state index contributed by atoms with van der Waals surface area (Å²) in [6, 6.07) is 10.4. The molecule has 2 aromatic carbocycles. The van der Waals surface area contributed by atoms with E-state index in [2.05, 4.69) is 4.98 Å². The Labute approximate surface area is 166 Å². The third-order valence-electron chi connectivity index (χ3n) is 4.00. The first-order valence-corrected chi connectivity index (χ1v) is 9.87. The van der Waals surface area contributed by atoms with Crippen molar-refractivity contribution in [3.63, 3.8) is 0 Å². The highest BCUT2D eigenvalue weighted by Gasteiger charge is 2.21. The molecule has 0 fully saturated rings. The van der Waals surface area contributed by atoms with Crippen molar-refractivity contribution < 1.29 is 18.3 Å². The van der Waals surface area contributed by atoms with E-state index in [9.17, 15) is 18.3 Å². The number of sulfonamides is 1. The number of hydrogen-bond donors (Lipinski definition) is 1. The normalized spacial score (nSPS) is 11.9. The Morgan fingerprint density at radius 2 is 1.78 bits per heavy atom. The number of carboxylic acids is 1. The van der Waals surface area contributed by atoms with Crippen LogP contribution in [0.5, 0.6) is 0 Å². The molecule has 0 saturated carbocycles. The fourth-order valence-electron chi connectivity index (χ4n) is 2.59. The van der Waals surface area contributed by atoms with Gasteiger partial charge >= 0.3 is 5.97 Å². The largest absolute Gasteiger partial charge is 0.478 e. The van der Waals surface area contributed by atoms with Crippen LogP contribution in [0.1, 0.15) is 10.4 Å². The van der Waals surface area contributed by atoms with Crippen LogP contribution in [-0.2, 0) is 10.0 Å². The van der Waals surface area contributed by atoms with Crippen LogP contribution in [0.2, 0.25) is 10.0 Å². The average Bonchev–Trinajstić information content (AvgIpc) is 2.60. The summed E-state index contributed by atoms with van der Waals surface area (Å²) in [7, 11) is -0.899. The molecule has 0 aliphatic heterocycles. The van der Waals surface area contributed by atoms with Crippen LogP contribution in [0.3, 0.4) is 0 Å². The molecular weight excluding hydrogens is 411 g/mol. The molecule has 0 atom stereocenters. The summed E-state index contributed by atoms with van der Waals surface area (Å²) in [6.07, 6.45) is 0. The van der Waals surface area contributed by atoms with Crippen LogP contribution in [-0.4, -0.2) is 42.9 Å². The second-order valence-corrected chi connectivity index (χ2v) is 8.95. The summed E-state index contributed by atoms with van der Waals surface area (Å²) in [5, 5.41) is 10.6. The molecule has 140 valence electrons. The van der Waals surface area contributed by atoms with Crippen molar-refractivity contribution in [2.45, 2.75) is 4.90 Å². The zero-order valence-corrected chi connectivity index (χ0v) is 16.6. The van der Waals surface area contributed by atoms with E-state index in [1.807, 2.05) is 0 Å². The maximum atomic E-state index is 12.3. The summed E-state index contributed by atoms with van der Waals surface area (Å²) in [4.78, 5) is 16.2. The monoisotopic (exact) mass is 424 g/mol. The number of hydrogen-bond acceptors (Lipinski definition) is 4. The summed E-state index contributed by atoms with van der Waals surface area (Å²) in [5.41, 5.74) is 1.14. The van der Waals surface area contributed by atoms with Crippen molar-refractivity contribution in [1.29, 1.82) is 0 Å². The standard InChI is InChI=1S/C18H14Cl2N2O4S/c1-22(2)27(25,26)11-4-6-16-13(8-11)14(18(23)24)9-17(21-16)12-5-3-10(19)7-15(12)20/h3-9H,1-2H3,(H,23,24). The van der Waals surface area contributed by atoms with Gasteiger partial charge in [-0.05, 0) is 42.5 Å². The molecule has 6 nitrogen and oxygen atoms in total. The van der Waals surface area contributed by atoms with Gasteiger partial charge in [-0.25, -0.2) is 22.5 Å². The molecule has 9 heteroatoms. The van der Waals surface area contributed by atoms with Crippen LogP contribution >= 0.6 is 23.2 Å². The molecule has 0 radical (unpaired) electrons. The molecule has 1 aromatic heterocycles. The first kappa shape index (κ1) is 19.6. The summed E-state index contributed by atoms with van der Waals surface area (Å²) < 4.78 is 25.8. The predicted octanol–water partition coefficient (Wildman–Crippen LogP) is 4.16. The fourth-order valence-corrected chi connectivity index (χ4v) is 4.02. The lowest BCUT2D eigenvalue weighted by molar-refractivity contribution is 0.0699. The van der Waals surface area contributed by atoms with Crippen molar-refractivity contribution in [1.82, 2.24) is 9.29 Å². The van der Waals surface area contributed by atoms with Crippen molar-refractivity contribution in [3.8, 4) is 11.3 Å². The molecule has 1 heterocycles. The van der Waals surface area contributed by atoms with Crippen molar-refractivity contribution in [3.05, 3.63) is 58.1 Å². The molecule has 0 unspecified atom stereocenters. The fraction of sp³-hybridized carbons (Fsp3) is 0.111. The Morgan fingerprint density at radius 3 is 2.37 bits per heavy atom. The Hall–Kier alpha value is -2.19. The Balaban J connectivity index is 2.29. The highest BCUT2D eigenvalue weighted by Crippen LogP contribution is 2.32. The molecule has 0 saturated heterocycles. The molecule has 0 aliphatic rings. The number of fused-ring (bicyclic) bond motifs is 1. The van der Waals surface area contributed by atoms with Crippen LogP contribution < -0.4 is 0 Å². The zero-order chi connectivity index (χ0) is 19.9. The lowest BCUT2D eigenvalue weighted by Crippen LogP contribution is -2.22. The first-order chi connectivity index (χ1) is 12.6. The molecule has 0 spiro atoms. The Morgan fingerprint density at radius 1 is 1.07 bits per heavy atom. The smallest absolute Gasteiger partial charge is 0.336 e. The first-order valence-electron chi connectivity index (χ1n) is 7.67. The Bertz CT molecular complexity index is 1180.